The molecule has 1 heterocycles. The van der Waals surface area contributed by atoms with Gasteiger partial charge < -0.3 is 10.1 Å². The minimum Gasteiger partial charge on any atom is -0.342 e. The van der Waals surface area contributed by atoms with Crippen LogP contribution in [0.5, 0.6) is 0 Å². The standard InChI is InChI=1S/C21H17NO2/c23-20-18-13-7-8-14-19(18)21(22-20,17-11-5-2-6-12-17)24-15-16-9-3-1-4-10-16/h1-14H,15H2,(H,22,23). The Hall–Kier alpha value is -2.91. The molecule has 1 N–H and O–H groups in total. The van der Waals surface area contributed by atoms with Gasteiger partial charge in [0.25, 0.3) is 5.91 Å². The smallest absolute Gasteiger partial charge is 0.254 e. The van der Waals surface area contributed by atoms with Crippen LogP contribution in [-0.2, 0) is 17.1 Å². The van der Waals surface area contributed by atoms with Gasteiger partial charge in [-0.25, -0.2) is 0 Å². The Morgan fingerprint density at radius 2 is 1.42 bits per heavy atom. The Morgan fingerprint density at radius 1 is 0.792 bits per heavy atom. The number of nitrogens with one attached hydrogen (secondary N) is 1. The average Bonchev–Trinajstić information content (AvgIpc) is 2.95. The fourth-order valence-corrected chi connectivity index (χ4v) is 3.15. The van der Waals surface area contributed by atoms with Crippen LogP contribution >= 0.6 is 0 Å². The van der Waals surface area contributed by atoms with Crippen molar-refractivity contribution in [3.05, 3.63) is 107 Å². The third kappa shape index (κ3) is 2.39. The highest BCUT2D eigenvalue weighted by Gasteiger charge is 2.45. The van der Waals surface area contributed by atoms with Gasteiger partial charge in [-0.2, -0.15) is 0 Å². The number of carbonyl (C=O) groups is 1. The number of ether oxygens (including phenoxy) is 1. The predicted molar refractivity (Wildman–Crippen MR) is 92.4 cm³/mol. The molecule has 24 heavy (non-hydrogen) atoms. The maximum atomic E-state index is 12.5. The molecule has 3 aromatic carbocycles. The third-order valence-electron chi connectivity index (χ3n) is 4.32. The van der Waals surface area contributed by atoms with Crippen LogP contribution in [-0.4, -0.2) is 5.91 Å². The predicted octanol–water partition coefficient (Wildman–Crippen LogP) is 3.85. The summed E-state index contributed by atoms with van der Waals surface area (Å²) in [6.45, 7) is 0.407. The monoisotopic (exact) mass is 315 g/mol. The molecule has 1 aliphatic heterocycles. The molecule has 0 aromatic heterocycles. The number of amides is 1. The highest BCUT2D eigenvalue weighted by atomic mass is 16.5. The van der Waals surface area contributed by atoms with Crippen LogP contribution in [0.2, 0.25) is 0 Å². The first-order valence-corrected chi connectivity index (χ1v) is 7.95. The van der Waals surface area contributed by atoms with Gasteiger partial charge in [0.15, 0.2) is 5.72 Å². The summed E-state index contributed by atoms with van der Waals surface area (Å²) in [6, 6.07) is 27.4. The molecule has 0 spiro atoms. The van der Waals surface area contributed by atoms with Gasteiger partial charge in [0, 0.05) is 16.7 Å². The summed E-state index contributed by atoms with van der Waals surface area (Å²) in [5, 5.41) is 3.06. The van der Waals surface area contributed by atoms with Gasteiger partial charge >= 0.3 is 0 Å². The zero-order chi connectivity index (χ0) is 16.4. The molecule has 1 aliphatic rings. The maximum absolute atomic E-state index is 12.5. The van der Waals surface area contributed by atoms with Crippen LogP contribution in [0.1, 0.15) is 27.0 Å². The lowest BCUT2D eigenvalue weighted by Gasteiger charge is -2.31. The summed E-state index contributed by atoms with van der Waals surface area (Å²) in [6.07, 6.45) is 0. The van der Waals surface area contributed by atoms with Gasteiger partial charge in [0.1, 0.15) is 0 Å². The molecule has 3 heteroatoms. The summed E-state index contributed by atoms with van der Waals surface area (Å²) >= 11 is 0. The number of carbonyl (C=O) groups excluding carboxylic acids is 1. The van der Waals surface area contributed by atoms with Gasteiger partial charge in [0.2, 0.25) is 0 Å². The van der Waals surface area contributed by atoms with Crippen LogP contribution in [0.4, 0.5) is 0 Å². The molecule has 0 fully saturated rings. The molecule has 1 atom stereocenters. The Morgan fingerprint density at radius 3 is 2.17 bits per heavy atom. The molecule has 0 saturated heterocycles. The van der Waals surface area contributed by atoms with E-state index in [1.165, 1.54) is 0 Å². The Labute approximate surface area is 140 Å². The zero-order valence-electron chi connectivity index (χ0n) is 13.1. The van der Waals surface area contributed by atoms with Crippen LogP contribution in [0, 0.1) is 0 Å². The molecule has 3 nitrogen and oxygen atoms in total. The van der Waals surface area contributed by atoms with Crippen molar-refractivity contribution in [1.29, 1.82) is 0 Å². The van der Waals surface area contributed by atoms with Crippen molar-refractivity contribution in [2.45, 2.75) is 12.3 Å². The second-order valence-corrected chi connectivity index (χ2v) is 5.82. The van der Waals surface area contributed by atoms with E-state index in [1.54, 1.807) is 0 Å². The maximum Gasteiger partial charge on any atom is 0.254 e. The quantitative estimate of drug-likeness (QED) is 0.794. The Balaban J connectivity index is 1.79. The van der Waals surface area contributed by atoms with Crippen LogP contribution < -0.4 is 5.32 Å². The molecule has 4 rings (SSSR count). The SMILES string of the molecule is O=C1NC(OCc2ccccc2)(c2ccccc2)c2ccccc21. The van der Waals surface area contributed by atoms with Crippen molar-refractivity contribution in [3.8, 4) is 0 Å². The van der Waals surface area contributed by atoms with Gasteiger partial charge in [-0.1, -0.05) is 78.9 Å². The molecule has 0 aliphatic carbocycles. The van der Waals surface area contributed by atoms with Crippen molar-refractivity contribution in [2.75, 3.05) is 0 Å². The first-order chi connectivity index (χ1) is 11.8. The minimum absolute atomic E-state index is 0.109. The third-order valence-corrected chi connectivity index (χ3v) is 4.32. The lowest BCUT2D eigenvalue weighted by molar-refractivity contribution is -0.0437. The van der Waals surface area contributed by atoms with Gasteiger partial charge in [-0.05, 0) is 11.6 Å². The van der Waals surface area contributed by atoms with E-state index in [4.69, 9.17) is 4.74 Å². The molecule has 1 unspecified atom stereocenters. The van der Waals surface area contributed by atoms with Crippen LogP contribution in [0.25, 0.3) is 0 Å². The van der Waals surface area contributed by atoms with E-state index < -0.39 is 5.72 Å². The number of hydrogen-bond donors (Lipinski definition) is 1. The molecule has 118 valence electrons. The molecule has 0 saturated carbocycles. The fourth-order valence-electron chi connectivity index (χ4n) is 3.15. The number of fused-ring (bicyclic) bond motifs is 1. The van der Waals surface area contributed by atoms with E-state index in [0.29, 0.717) is 12.2 Å². The first-order valence-electron chi connectivity index (χ1n) is 7.95. The minimum atomic E-state index is -0.954. The zero-order valence-corrected chi connectivity index (χ0v) is 13.1. The fraction of sp³-hybridized carbons (Fsp3) is 0.0952. The normalized spacial score (nSPS) is 18.9. The number of rotatable bonds is 4. The average molecular weight is 315 g/mol. The van der Waals surface area contributed by atoms with Crippen molar-refractivity contribution >= 4 is 5.91 Å². The van der Waals surface area contributed by atoms with E-state index in [1.807, 2.05) is 84.9 Å². The van der Waals surface area contributed by atoms with Crippen molar-refractivity contribution in [1.82, 2.24) is 5.32 Å². The van der Waals surface area contributed by atoms with Crippen molar-refractivity contribution < 1.29 is 9.53 Å². The summed E-state index contributed by atoms with van der Waals surface area (Å²) in [5.41, 5.74) is 2.54. The Kier molecular flexibility index (Phi) is 3.63. The molecule has 0 radical (unpaired) electrons. The highest BCUT2D eigenvalue weighted by molar-refractivity contribution is 6.00. The topological polar surface area (TPSA) is 38.3 Å². The molecule has 1 amide bonds. The van der Waals surface area contributed by atoms with E-state index in [0.717, 1.165) is 16.7 Å². The highest BCUT2D eigenvalue weighted by Crippen LogP contribution is 2.38. The summed E-state index contributed by atoms with van der Waals surface area (Å²) in [5.74, 6) is -0.109. The molecular weight excluding hydrogens is 298 g/mol. The molecule has 3 aromatic rings. The summed E-state index contributed by atoms with van der Waals surface area (Å²) in [4.78, 5) is 12.5. The van der Waals surface area contributed by atoms with E-state index >= 15 is 0 Å². The van der Waals surface area contributed by atoms with Gasteiger partial charge in [0.05, 0.1) is 6.61 Å². The second kappa shape index (κ2) is 5.95. The molecular formula is C21H17NO2. The number of benzene rings is 3. The Bertz CT molecular complexity index is 861. The molecule has 0 bridgehead atoms. The van der Waals surface area contributed by atoms with Gasteiger partial charge in [-0.15, -0.1) is 0 Å². The first kappa shape index (κ1) is 14.7. The lowest BCUT2D eigenvalue weighted by atomic mass is 9.94. The van der Waals surface area contributed by atoms with E-state index in [2.05, 4.69) is 5.32 Å². The summed E-state index contributed by atoms with van der Waals surface area (Å²) < 4.78 is 6.33. The summed E-state index contributed by atoms with van der Waals surface area (Å²) in [7, 11) is 0. The van der Waals surface area contributed by atoms with Crippen LogP contribution in [0.3, 0.4) is 0 Å². The second-order valence-electron chi connectivity index (χ2n) is 5.82. The van der Waals surface area contributed by atoms with E-state index in [9.17, 15) is 4.79 Å². The van der Waals surface area contributed by atoms with E-state index in [-0.39, 0.29) is 5.91 Å². The van der Waals surface area contributed by atoms with Crippen molar-refractivity contribution in [3.63, 3.8) is 0 Å². The van der Waals surface area contributed by atoms with Crippen molar-refractivity contribution in [2.24, 2.45) is 0 Å². The lowest BCUT2D eigenvalue weighted by Crippen LogP contribution is -2.42. The van der Waals surface area contributed by atoms with Crippen LogP contribution in [0.15, 0.2) is 84.9 Å². The van der Waals surface area contributed by atoms with Gasteiger partial charge in [-0.3, -0.25) is 4.79 Å². The largest absolute Gasteiger partial charge is 0.342 e. The number of hydrogen-bond acceptors (Lipinski definition) is 2.